The van der Waals surface area contributed by atoms with E-state index in [4.69, 9.17) is 16.7 Å². The Hall–Kier alpha value is -2.12. The Bertz CT molecular complexity index is 694. The molecule has 2 aromatic carbocycles. The van der Waals surface area contributed by atoms with E-state index < -0.39 is 18.2 Å². The van der Waals surface area contributed by atoms with Gasteiger partial charge in [0.15, 0.2) is 6.10 Å². The van der Waals surface area contributed by atoms with Crippen LogP contribution < -0.4 is 10.6 Å². The van der Waals surface area contributed by atoms with Gasteiger partial charge in [0.25, 0.3) is 0 Å². The first kappa shape index (κ1) is 19.2. The van der Waals surface area contributed by atoms with Crippen LogP contribution in [0.5, 0.6) is 0 Å². The Labute approximate surface area is 151 Å². The van der Waals surface area contributed by atoms with Gasteiger partial charge in [-0.05, 0) is 35.4 Å². The molecule has 0 amide bonds. The average molecular weight is 365 g/mol. The fourth-order valence-corrected chi connectivity index (χ4v) is 2.49. The van der Waals surface area contributed by atoms with Crippen molar-refractivity contribution in [1.29, 1.82) is 0 Å². The predicted molar refractivity (Wildman–Crippen MR) is 96.8 cm³/mol. The normalized spacial score (nSPS) is 13.2. The molecule has 2 rings (SSSR count). The Morgan fingerprint density at radius 3 is 2.40 bits per heavy atom. The molecule has 0 aliphatic heterocycles. The standard InChI is InChI=1S/C18H21ClN2O4/c19-14-3-1-2-13(10-14)16(22)11-20-8-9-21-15-6-4-12(5-7-15)17(23)18(24)25/h1-7,10,16-17,20-23H,8-9,11H2,(H,24,25). The number of carboxylic acids is 1. The smallest absolute Gasteiger partial charge is 0.337 e. The number of aliphatic carboxylic acids is 1. The maximum absolute atomic E-state index is 10.7. The average Bonchev–Trinajstić information content (AvgIpc) is 2.61. The van der Waals surface area contributed by atoms with Crippen molar-refractivity contribution >= 4 is 23.3 Å². The quantitative estimate of drug-likeness (QED) is 0.437. The van der Waals surface area contributed by atoms with Crippen LogP contribution in [0.2, 0.25) is 5.02 Å². The number of hydrogen-bond donors (Lipinski definition) is 5. The summed E-state index contributed by atoms with van der Waals surface area (Å²) in [4.78, 5) is 10.7. The van der Waals surface area contributed by atoms with E-state index in [2.05, 4.69) is 10.6 Å². The lowest BCUT2D eigenvalue weighted by Gasteiger charge is -2.13. The Balaban J connectivity index is 1.70. The van der Waals surface area contributed by atoms with Gasteiger partial charge in [0, 0.05) is 30.3 Å². The molecule has 0 radical (unpaired) electrons. The van der Waals surface area contributed by atoms with E-state index in [1.165, 1.54) is 0 Å². The van der Waals surface area contributed by atoms with E-state index in [9.17, 15) is 15.0 Å². The van der Waals surface area contributed by atoms with E-state index in [0.29, 0.717) is 30.2 Å². The van der Waals surface area contributed by atoms with Gasteiger partial charge in [0.05, 0.1) is 6.10 Å². The highest BCUT2D eigenvalue weighted by Gasteiger charge is 2.15. The molecule has 6 nitrogen and oxygen atoms in total. The molecule has 0 aliphatic rings. The lowest BCUT2D eigenvalue weighted by atomic mass is 10.1. The van der Waals surface area contributed by atoms with Crippen LogP contribution in [0.15, 0.2) is 48.5 Å². The van der Waals surface area contributed by atoms with Crippen LogP contribution >= 0.6 is 11.6 Å². The van der Waals surface area contributed by atoms with Crippen molar-refractivity contribution < 1.29 is 20.1 Å². The Morgan fingerprint density at radius 2 is 1.76 bits per heavy atom. The van der Waals surface area contributed by atoms with Crippen molar-refractivity contribution in [1.82, 2.24) is 5.32 Å². The topological polar surface area (TPSA) is 102 Å². The number of benzene rings is 2. The van der Waals surface area contributed by atoms with Gasteiger partial charge in [0.1, 0.15) is 0 Å². The van der Waals surface area contributed by atoms with Crippen LogP contribution in [-0.4, -0.2) is 40.9 Å². The third-order valence-electron chi connectivity index (χ3n) is 3.66. The number of aliphatic hydroxyl groups excluding tert-OH is 2. The Kier molecular flexibility index (Phi) is 7.21. The van der Waals surface area contributed by atoms with Crippen molar-refractivity contribution in [2.45, 2.75) is 12.2 Å². The first-order chi connectivity index (χ1) is 12.0. The molecule has 0 aliphatic carbocycles. The van der Waals surface area contributed by atoms with Crippen molar-refractivity contribution in [3.05, 3.63) is 64.7 Å². The van der Waals surface area contributed by atoms with E-state index in [0.717, 1.165) is 11.3 Å². The summed E-state index contributed by atoms with van der Waals surface area (Å²) in [6.07, 6.45) is -2.14. The summed E-state index contributed by atoms with van der Waals surface area (Å²) in [5.74, 6) is -1.27. The summed E-state index contributed by atoms with van der Waals surface area (Å²) >= 11 is 5.90. The van der Waals surface area contributed by atoms with Crippen LogP contribution in [0.3, 0.4) is 0 Å². The molecule has 0 aromatic heterocycles. The number of carboxylic acid groups (broad SMARTS) is 1. The van der Waals surface area contributed by atoms with Gasteiger partial charge < -0.3 is 26.0 Å². The van der Waals surface area contributed by atoms with Crippen molar-refractivity contribution in [2.24, 2.45) is 0 Å². The number of rotatable bonds is 9. The second-order valence-electron chi connectivity index (χ2n) is 5.56. The molecule has 5 N–H and O–H groups in total. The molecule has 134 valence electrons. The molecule has 0 heterocycles. The van der Waals surface area contributed by atoms with Gasteiger partial charge in [-0.3, -0.25) is 0 Å². The van der Waals surface area contributed by atoms with Crippen LogP contribution in [0.25, 0.3) is 0 Å². The molecule has 2 atom stereocenters. The number of nitrogens with one attached hydrogen (secondary N) is 2. The highest BCUT2D eigenvalue weighted by molar-refractivity contribution is 6.30. The van der Waals surface area contributed by atoms with Gasteiger partial charge in [-0.2, -0.15) is 0 Å². The molecule has 0 fully saturated rings. The summed E-state index contributed by atoms with van der Waals surface area (Å²) in [6, 6.07) is 13.7. The number of aliphatic hydroxyl groups is 2. The third-order valence-corrected chi connectivity index (χ3v) is 3.90. The summed E-state index contributed by atoms with van der Waals surface area (Å²) in [7, 11) is 0. The van der Waals surface area contributed by atoms with E-state index >= 15 is 0 Å². The fraction of sp³-hybridized carbons (Fsp3) is 0.278. The summed E-state index contributed by atoms with van der Waals surface area (Å²) < 4.78 is 0. The molecule has 25 heavy (non-hydrogen) atoms. The maximum Gasteiger partial charge on any atom is 0.337 e. The minimum Gasteiger partial charge on any atom is -0.479 e. The largest absolute Gasteiger partial charge is 0.479 e. The second-order valence-corrected chi connectivity index (χ2v) is 6.00. The summed E-state index contributed by atoms with van der Waals surface area (Å²) in [5.41, 5.74) is 1.92. The van der Waals surface area contributed by atoms with Gasteiger partial charge in [-0.1, -0.05) is 35.9 Å². The third kappa shape index (κ3) is 6.03. The number of anilines is 1. The molecule has 7 heteroatoms. The minimum atomic E-state index is -1.51. The highest BCUT2D eigenvalue weighted by atomic mass is 35.5. The van der Waals surface area contributed by atoms with Crippen molar-refractivity contribution in [3.63, 3.8) is 0 Å². The van der Waals surface area contributed by atoms with Crippen LogP contribution in [0.4, 0.5) is 5.69 Å². The van der Waals surface area contributed by atoms with E-state index in [1.54, 1.807) is 42.5 Å². The zero-order valence-electron chi connectivity index (χ0n) is 13.5. The van der Waals surface area contributed by atoms with E-state index in [1.807, 2.05) is 6.07 Å². The van der Waals surface area contributed by atoms with Crippen LogP contribution in [-0.2, 0) is 4.79 Å². The monoisotopic (exact) mass is 364 g/mol. The van der Waals surface area contributed by atoms with Crippen LogP contribution in [0.1, 0.15) is 23.3 Å². The predicted octanol–water partition coefficient (Wildman–Crippen LogP) is 2.19. The lowest BCUT2D eigenvalue weighted by molar-refractivity contribution is -0.146. The van der Waals surface area contributed by atoms with Gasteiger partial charge in [-0.25, -0.2) is 4.79 Å². The van der Waals surface area contributed by atoms with Gasteiger partial charge in [-0.15, -0.1) is 0 Å². The summed E-state index contributed by atoms with van der Waals surface area (Å²) in [6.45, 7) is 1.67. The first-order valence-corrected chi connectivity index (χ1v) is 8.24. The molecule has 0 spiro atoms. The zero-order valence-corrected chi connectivity index (χ0v) is 14.3. The first-order valence-electron chi connectivity index (χ1n) is 7.86. The second kappa shape index (κ2) is 9.39. The van der Waals surface area contributed by atoms with Gasteiger partial charge in [0.2, 0.25) is 0 Å². The highest BCUT2D eigenvalue weighted by Crippen LogP contribution is 2.17. The molecule has 2 aromatic rings. The van der Waals surface area contributed by atoms with Crippen molar-refractivity contribution in [3.8, 4) is 0 Å². The molecule has 0 bridgehead atoms. The van der Waals surface area contributed by atoms with Crippen LogP contribution in [0, 0.1) is 0 Å². The van der Waals surface area contributed by atoms with Crippen molar-refractivity contribution in [2.75, 3.05) is 25.0 Å². The lowest BCUT2D eigenvalue weighted by Crippen LogP contribution is -2.26. The SMILES string of the molecule is O=C(O)C(O)c1ccc(NCCNCC(O)c2cccc(Cl)c2)cc1. The molecule has 0 saturated carbocycles. The number of carbonyl (C=O) groups is 1. The molecular weight excluding hydrogens is 344 g/mol. The zero-order chi connectivity index (χ0) is 18.2. The minimum absolute atomic E-state index is 0.334. The molecule has 0 saturated heterocycles. The van der Waals surface area contributed by atoms with Gasteiger partial charge >= 0.3 is 5.97 Å². The molecular formula is C18H21ClN2O4. The van der Waals surface area contributed by atoms with E-state index in [-0.39, 0.29) is 0 Å². The number of halogens is 1. The Morgan fingerprint density at radius 1 is 1.04 bits per heavy atom. The number of hydrogen-bond acceptors (Lipinski definition) is 5. The fourth-order valence-electron chi connectivity index (χ4n) is 2.29. The molecule has 2 unspecified atom stereocenters. The maximum atomic E-state index is 10.7. The summed E-state index contributed by atoms with van der Waals surface area (Å²) in [5, 5.41) is 35.2.